The zero-order valence-corrected chi connectivity index (χ0v) is 14.1. The minimum absolute atomic E-state index is 0.187. The molecule has 2 N–H and O–H groups in total. The Morgan fingerprint density at radius 2 is 1.88 bits per heavy atom. The number of H-pyrrole nitrogens is 1. The van der Waals surface area contributed by atoms with Gasteiger partial charge in [-0.15, -0.1) is 0 Å². The Morgan fingerprint density at radius 1 is 1.16 bits per heavy atom. The number of aromatic amines is 1. The molecule has 25 heavy (non-hydrogen) atoms. The summed E-state index contributed by atoms with van der Waals surface area (Å²) in [7, 11) is 0. The summed E-state index contributed by atoms with van der Waals surface area (Å²) in [5, 5.41) is 20.5. The average molecular weight is 352 g/mol. The molecule has 0 radical (unpaired) electrons. The van der Waals surface area contributed by atoms with Crippen molar-refractivity contribution in [2.75, 3.05) is 0 Å². The van der Waals surface area contributed by atoms with Gasteiger partial charge in [0.1, 0.15) is 0 Å². The van der Waals surface area contributed by atoms with Crippen LogP contribution >= 0.6 is 12.2 Å². The van der Waals surface area contributed by atoms with E-state index in [9.17, 15) is 9.90 Å². The smallest absolute Gasteiger partial charge is 0.336 e. The second-order valence-electron chi connectivity index (χ2n) is 5.38. The molecule has 0 saturated heterocycles. The van der Waals surface area contributed by atoms with Gasteiger partial charge in [-0.2, -0.15) is 14.9 Å². The normalized spacial score (nSPS) is 11.0. The van der Waals surface area contributed by atoms with Crippen molar-refractivity contribution < 1.29 is 9.90 Å². The van der Waals surface area contributed by atoms with Gasteiger partial charge in [0, 0.05) is 12.0 Å². The Bertz CT molecular complexity index is 960. The molecule has 126 valence electrons. The maximum atomic E-state index is 11.3. The third-order valence-electron chi connectivity index (χ3n) is 3.70. The van der Waals surface area contributed by atoms with E-state index in [4.69, 9.17) is 12.2 Å². The number of nitrogens with one attached hydrogen (secondary N) is 1. The maximum absolute atomic E-state index is 11.3. The number of aromatic nitrogens is 3. The molecule has 1 aromatic heterocycles. The molecule has 0 spiro atoms. The van der Waals surface area contributed by atoms with E-state index in [-0.39, 0.29) is 5.56 Å². The van der Waals surface area contributed by atoms with Gasteiger partial charge in [0.25, 0.3) is 0 Å². The molecule has 0 saturated carbocycles. The van der Waals surface area contributed by atoms with Crippen molar-refractivity contribution in [2.24, 2.45) is 5.10 Å². The Kier molecular flexibility index (Phi) is 5.15. The minimum Gasteiger partial charge on any atom is -0.478 e. The summed E-state index contributed by atoms with van der Waals surface area (Å²) in [4.78, 5) is 11.3. The van der Waals surface area contributed by atoms with E-state index in [0.717, 1.165) is 6.42 Å². The summed E-state index contributed by atoms with van der Waals surface area (Å²) in [6, 6.07) is 16.7. The number of rotatable bonds is 6. The van der Waals surface area contributed by atoms with Crippen LogP contribution in [0.3, 0.4) is 0 Å². The number of hydrogen-bond donors (Lipinski definition) is 2. The number of benzene rings is 2. The van der Waals surface area contributed by atoms with Crippen LogP contribution in [-0.4, -0.2) is 32.2 Å². The lowest BCUT2D eigenvalue weighted by molar-refractivity contribution is 0.0697. The molecule has 2 aromatic carbocycles. The van der Waals surface area contributed by atoms with Gasteiger partial charge in [-0.25, -0.2) is 4.79 Å². The summed E-state index contributed by atoms with van der Waals surface area (Å²) in [5.74, 6) is -0.306. The Hall–Kier alpha value is -3.06. The molecule has 0 aliphatic carbocycles. The standard InChI is InChI=1S/C18H16N4O2S/c23-17(24)15-9-5-4-8-14(15)12-19-22-16(20-21-18(22)25)11-10-13-6-2-1-3-7-13/h1-9,12H,10-11H2,(H,21,25)(H,23,24)/b19-12+. The lowest BCUT2D eigenvalue weighted by Gasteiger charge is -2.03. The zero-order valence-electron chi connectivity index (χ0n) is 13.3. The SMILES string of the molecule is O=C(O)c1ccccc1/C=N/n1c(CCc2ccccc2)n[nH]c1=S. The van der Waals surface area contributed by atoms with Crippen molar-refractivity contribution in [1.29, 1.82) is 0 Å². The first-order chi connectivity index (χ1) is 12.1. The third kappa shape index (κ3) is 4.07. The number of carboxylic acid groups (broad SMARTS) is 1. The zero-order chi connectivity index (χ0) is 17.6. The van der Waals surface area contributed by atoms with Gasteiger partial charge in [0.15, 0.2) is 5.82 Å². The van der Waals surface area contributed by atoms with Crippen LogP contribution < -0.4 is 0 Å². The van der Waals surface area contributed by atoms with Crippen molar-refractivity contribution in [2.45, 2.75) is 12.8 Å². The highest BCUT2D eigenvalue weighted by molar-refractivity contribution is 7.71. The fourth-order valence-electron chi connectivity index (χ4n) is 2.43. The van der Waals surface area contributed by atoms with E-state index in [1.807, 2.05) is 18.2 Å². The first kappa shape index (κ1) is 16.8. The van der Waals surface area contributed by atoms with Gasteiger partial charge < -0.3 is 5.11 Å². The number of carbonyl (C=O) groups is 1. The second kappa shape index (κ2) is 7.67. The number of aryl methyl sites for hydroxylation is 2. The van der Waals surface area contributed by atoms with Crippen LogP contribution in [0, 0.1) is 4.77 Å². The van der Waals surface area contributed by atoms with Crippen molar-refractivity contribution in [3.63, 3.8) is 0 Å². The van der Waals surface area contributed by atoms with E-state index in [2.05, 4.69) is 27.4 Å². The minimum atomic E-state index is -0.998. The first-order valence-electron chi connectivity index (χ1n) is 7.72. The molecule has 0 unspecified atom stereocenters. The summed E-state index contributed by atoms with van der Waals surface area (Å²) in [6.07, 6.45) is 2.96. The first-order valence-corrected chi connectivity index (χ1v) is 8.13. The average Bonchev–Trinajstić information content (AvgIpc) is 2.99. The molecule has 0 amide bonds. The molecule has 3 aromatic rings. The van der Waals surface area contributed by atoms with Crippen LogP contribution in [0.15, 0.2) is 59.7 Å². The lowest BCUT2D eigenvalue weighted by Crippen LogP contribution is -2.04. The summed E-state index contributed by atoms with van der Waals surface area (Å²) in [6.45, 7) is 0. The predicted molar refractivity (Wildman–Crippen MR) is 97.7 cm³/mol. The van der Waals surface area contributed by atoms with Gasteiger partial charge in [-0.05, 0) is 30.3 Å². The number of nitrogens with zero attached hydrogens (tertiary/aromatic N) is 3. The molecule has 1 heterocycles. The molecule has 0 bridgehead atoms. The van der Waals surface area contributed by atoms with E-state index >= 15 is 0 Å². The van der Waals surface area contributed by atoms with Gasteiger partial charge in [0.2, 0.25) is 4.77 Å². The largest absolute Gasteiger partial charge is 0.478 e. The third-order valence-corrected chi connectivity index (χ3v) is 3.97. The topological polar surface area (TPSA) is 83.3 Å². The predicted octanol–water partition coefficient (Wildman–Crippen LogP) is 3.31. The lowest BCUT2D eigenvalue weighted by atomic mass is 10.1. The molecule has 0 aliphatic heterocycles. The maximum Gasteiger partial charge on any atom is 0.336 e. The van der Waals surface area contributed by atoms with Crippen molar-refractivity contribution >= 4 is 24.4 Å². The Morgan fingerprint density at radius 3 is 2.64 bits per heavy atom. The van der Waals surface area contributed by atoms with Crippen molar-refractivity contribution in [3.8, 4) is 0 Å². The second-order valence-corrected chi connectivity index (χ2v) is 5.77. The van der Waals surface area contributed by atoms with E-state index in [1.165, 1.54) is 22.5 Å². The molecule has 0 aliphatic rings. The summed E-state index contributed by atoms with van der Waals surface area (Å²) >= 11 is 5.22. The highest BCUT2D eigenvalue weighted by Crippen LogP contribution is 2.09. The Balaban J connectivity index is 1.83. The van der Waals surface area contributed by atoms with Crippen molar-refractivity contribution in [3.05, 3.63) is 81.9 Å². The molecule has 6 nitrogen and oxygen atoms in total. The quantitative estimate of drug-likeness (QED) is 0.527. The van der Waals surface area contributed by atoms with Crippen LogP contribution in [0.5, 0.6) is 0 Å². The summed E-state index contributed by atoms with van der Waals surface area (Å²) in [5.41, 5.74) is 1.89. The van der Waals surface area contributed by atoms with E-state index in [0.29, 0.717) is 22.6 Å². The van der Waals surface area contributed by atoms with Crippen molar-refractivity contribution in [1.82, 2.24) is 14.9 Å². The van der Waals surface area contributed by atoms with Gasteiger partial charge >= 0.3 is 5.97 Å². The van der Waals surface area contributed by atoms with Crippen LogP contribution in [-0.2, 0) is 12.8 Å². The van der Waals surface area contributed by atoms with Crippen LogP contribution in [0.1, 0.15) is 27.3 Å². The monoisotopic (exact) mass is 352 g/mol. The molecular weight excluding hydrogens is 336 g/mol. The number of aromatic carboxylic acids is 1. The highest BCUT2D eigenvalue weighted by atomic mass is 32.1. The Labute approximate surface area is 149 Å². The molecule has 0 fully saturated rings. The van der Waals surface area contributed by atoms with Gasteiger partial charge in [0.05, 0.1) is 11.8 Å². The molecule has 3 rings (SSSR count). The van der Waals surface area contributed by atoms with E-state index in [1.54, 1.807) is 18.2 Å². The summed E-state index contributed by atoms with van der Waals surface area (Å²) < 4.78 is 1.89. The fraction of sp³-hybridized carbons (Fsp3) is 0.111. The molecule has 7 heteroatoms. The highest BCUT2D eigenvalue weighted by Gasteiger charge is 2.08. The van der Waals surface area contributed by atoms with Crippen LogP contribution in [0.25, 0.3) is 0 Å². The number of hydrogen-bond acceptors (Lipinski definition) is 4. The molecular formula is C18H16N4O2S. The fourth-order valence-corrected chi connectivity index (χ4v) is 2.63. The van der Waals surface area contributed by atoms with E-state index < -0.39 is 5.97 Å². The number of carboxylic acids is 1. The molecule has 0 atom stereocenters. The van der Waals surface area contributed by atoms with Gasteiger partial charge in [-0.3, -0.25) is 5.10 Å². The van der Waals surface area contributed by atoms with Crippen LogP contribution in [0.4, 0.5) is 0 Å². The van der Waals surface area contributed by atoms with Crippen LogP contribution in [0.2, 0.25) is 0 Å². The van der Waals surface area contributed by atoms with Gasteiger partial charge in [-0.1, -0.05) is 48.5 Å².